The van der Waals surface area contributed by atoms with E-state index in [-0.39, 0.29) is 5.91 Å². The van der Waals surface area contributed by atoms with E-state index in [1.54, 1.807) is 0 Å². The normalized spacial score (nSPS) is 13.6. The molecule has 0 spiro atoms. The molecule has 22 heavy (non-hydrogen) atoms. The summed E-state index contributed by atoms with van der Waals surface area (Å²) in [5.41, 5.74) is 2.25. The molecule has 0 saturated carbocycles. The highest BCUT2D eigenvalue weighted by atomic mass is 79.9. The molecule has 2 aromatic carbocycles. The Balaban J connectivity index is 1.60. The minimum absolute atomic E-state index is 0.0532. The zero-order valence-electron chi connectivity index (χ0n) is 12.1. The number of carbonyl (C=O) groups excluding carboxylic acids is 1. The van der Waals surface area contributed by atoms with Crippen molar-refractivity contribution in [3.8, 4) is 0 Å². The van der Waals surface area contributed by atoms with Crippen molar-refractivity contribution in [2.75, 3.05) is 23.7 Å². The third-order valence-corrected chi connectivity index (χ3v) is 5.41. The van der Waals surface area contributed by atoms with Crippen LogP contribution < -0.4 is 10.2 Å². The molecule has 0 radical (unpaired) electrons. The fraction of sp³-hybridized carbons (Fsp3) is 0.235. The van der Waals surface area contributed by atoms with Gasteiger partial charge in [-0.25, -0.2) is 0 Å². The Morgan fingerprint density at radius 2 is 1.95 bits per heavy atom. The second-order valence-electron chi connectivity index (χ2n) is 5.11. The smallest absolute Gasteiger partial charge is 0.239 e. The Labute approximate surface area is 143 Å². The van der Waals surface area contributed by atoms with Crippen molar-refractivity contribution in [1.29, 1.82) is 0 Å². The van der Waals surface area contributed by atoms with Gasteiger partial charge < -0.3 is 10.2 Å². The van der Waals surface area contributed by atoms with Gasteiger partial charge in [0.1, 0.15) is 0 Å². The van der Waals surface area contributed by atoms with Crippen LogP contribution in [0.15, 0.2) is 57.9 Å². The number of rotatable bonds is 4. The maximum Gasteiger partial charge on any atom is 0.239 e. The van der Waals surface area contributed by atoms with Gasteiger partial charge in [-0.05, 0) is 23.8 Å². The summed E-state index contributed by atoms with van der Waals surface area (Å²) in [5.74, 6) is 1.08. The van der Waals surface area contributed by atoms with Crippen LogP contribution in [0.1, 0.15) is 5.56 Å². The molecule has 0 unspecified atom stereocenters. The first-order valence-corrected chi connectivity index (χ1v) is 8.99. The number of carbonyl (C=O) groups is 1. The summed E-state index contributed by atoms with van der Waals surface area (Å²) < 4.78 is 1.02. The Kier molecular flexibility index (Phi) is 5.05. The van der Waals surface area contributed by atoms with Gasteiger partial charge in [0.05, 0.1) is 12.2 Å². The molecule has 0 atom stereocenters. The maximum atomic E-state index is 12.2. The largest absolute Gasteiger partial charge is 0.360 e. The van der Waals surface area contributed by atoms with Crippen molar-refractivity contribution in [2.45, 2.75) is 11.4 Å². The molecule has 3 nitrogen and oxygen atoms in total. The van der Waals surface area contributed by atoms with Gasteiger partial charge in [-0.3, -0.25) is 4.79 Å². The first-order valence-electron chi connectivity index (χ1n) is 7.21. The standard InChI is InChI=1S/C17H17BrN2OS/c18-14-6-2-1-5-13(14)11-19-17(21)12-20-9-10-22-16-8-4-3-7-15(16)20/h1-8H,9-12H2,(H,19,21). The van der Waals surface area contributed by atoms with Crippen LogP contribution in [-0.4, -0.2) is 24.7 Å². The third kappa shape index (κ3) is 3.65. The number of anilines is 1. The van der Waals surface area contributed by atoms with Gasteiger partial charge in [0.25, 0.3) is 0 Å². The molecule has 5 heteroatoms. The van der Waals surface area contributed by atoms with Gasteiger partial charge in [0.15, 0.2) is 0 Å². The monoisotopic (exact) mass is 376 g/mol. The quantitative estimate of drug-likeness (QED) is 0.883. The highest BCUT2D eigenvalue weighted by Gasteiger charge is 2.18. The van der Waals surface area contributed by atoms with Gasteiger partial charge in [-0.2, -0.15) is 0 Å². The highest BCUT2D eigenvalue weighted by Crippen LogP contribution is 2.33. The number of thioether (sulfide) groups is 1. The highest BCUT2D eigenvalue weighted by molar-refractivity contribution is 9.10. The SMILES string of the molecule is O=C(CN1CCSc2ccccc21)NCc1ccccc1Br. The van der Waals surface area contributed by atoms with Crippen LogP contribution in [0.2, 0.25) is 0 Å². The van der Waals surface area contributed by atoms with E-state index in [9.17, 15) is 4.79 Å². The first-order chi connectivity index (χ1) is 10.7. The van der Waals surface area contributed by atoms with Crippen LogP contribution in [-0.2, 0) is 11.3 Å². The summed E-state index contributed by atoms with van der Waals surface area (Å²) in [6, 6.07) is 16.2. The number of nitrogens with one attached hydrogen (secondary N) is 1. The van der Waals surface area contributed by atoms with E-state index in [1.165, 1.54) is 4.90 Å². The number of para-hydroxylation sites is 1. The van der Waals surface area contributed by atoms with Gasteiger partial charge in [0.2, 0.25) is 5.91 Å². The van der Waals surface area contributed by atoms with Crippen LogP contribution in [0, 0.1) is 0 Å². The summed E-state index contributed by atoms with van der Waals surface area (Å²) in [7, 11) is 0. The van der Waals surface area contributed by atoms with E-state index in [4.69, 9.17) is 0 Å². The Bertz CT molecular complexity index is 677. The fourth-order valence-corrected chi connectivity index (χ4v) is 3.93. The molecule has 0 saturated heterocycles. The second kappa shape index (κ2) is 7.20. The van der Waals surface area contributed by atoms with E-state index >= 15 is 0 Å². The minimum Gasteiger partial charge on any atom is -0.360 e. The number of fused-ring (bicyclic) bond motifs is 1. The van der Waals surface area contributed by atoms with Gasteiger partial charge >= 0.3 is 0 Å². The Hall–Kier alpha value is -1.46. The molecular formula is C17H17BrN2OS. The lowest BCUT2D eigenvalue weighted by atomic mass is 10.2. The molecule has 0 bridgehead atoms. The van der Waals surface area contributed by atoms with Crippen molar-refractivity contribution >= 4 is 39.3 Å². The van der Waals surface area contributed by atoms with Crippen molar-refractivity contribution < 1.29 is 4.79 Å². The predicted molar refractivity (Wildman–Crippen MR) is 95.4 cm³/mol. The van der Waals surface area contributed by atoms with E-state index < -0.39 is 0 Å². The lowest BCUT2D eigenvalue weighted by Crippen LogP contribution is -2.39. The van der Waals surface area contributed by atoms with Crippen molar-refractivity contribution in [3.05, 3.63) is 58.6 Å². The van der Waals surface area contributed by atoms with E-state index in [0.29, 0.717) is 13.1 Å². The van der Waals surface area contributed by atoms with Gasteiger partial charge in [-0.15, -0.1) is 11.8 Å². The molecule has 0 aromatic heterocycles. The third-order valence-electron chi connectivity index (χ3n) is 3.59. The number of benzene rings is 2. The summed E-state index contributed by atoms with van der Waals surface area (Å²) >= 11 is 5.35. The maximum absolute atomic E-state index is 12.2. The van der Waals surface area contributed by atoms with Gasteiger partial charge in [0, 0.05) is 28.2 Å². The molecular weight excluding hydrogens is 360 g/mol. The zero-order chi connectivity index (χ0) is 15.4. The van der Waals surface area contributed by atoms with Gasteiger partial charge in [-0.1, -0.05) is 46.3 Å². The van der Waals surface area contributed by atoms with Crippen LogP contribution in [0.4, 0.5) is 5.69 Å². The topological polar surface area (TPSA) is 32.3 Å². The number of amides is 1. The molecule has 1 amide bonds. The summed E-state index contributed by atoms with van der Waals surface area (Å²) in [6.45, 7) is 1.86. The van der Waals surface area contributed by atoms with Crippen LogP contribution in [0.25, 0.3) is 0 Å². The first kappa shape index (κ1) is 15.4. The zero-order valence-corrected chi connectivity index (χ0v) is 14.5. The summed E-state index contributed by atoms with van der Waals surface area (Å²) in [4.78, 5) is 15.6. The van der Waals surface area contributed by atoms with E-state index in [2.05, 4.69) is 38.3 Å². The molecule has 0 fully saturated rings. The van der Waals surface area contributed by atoms with Crippen molar-refractivity contribution in [2.24, 2.45) is 0 Å². The molecule has 1 heterocycles. The number of halogens is 1. The summed E-state index contributed by atoms with van der Waals surface area (Å²) in [6.07, 6.45) is 0. The number of hydrogen-bond acceptors (Lipinski definition) is 3. The van der Waals surface area contributed by atoms with Crippen LogP contribution >= 0.6 is 27.7 Å². The van der Waals surface area contributed by atoms with Crippen LogP contribution in [0.3, 0.4) is 0 Å². The average molecular weight is 377 g/mol. The molecule has 1 N–H and O–H groups in total. The van der Waals surface area contributed by atoms with Crippen molar-refractivity contribution in [1.82, 2.24) is 5.32 Å². The Morgan fingerprint density at radius 3 is 2.82 bits per heavy atom. The lowest BCUT2D eigenvalue weighted by Gasteiger charge is -2.30. The molecule has 2 aromatic rings. The van der Waals surface area contributed by atoms with Crippen molar-refractivity contribution in [3.63, 3.8) is 0 Å². The lowest BCUT2D eigenvalue weighted by molar-refractivity contribution is -0.119. The van der Waals surface area contributed by atoms with E-state index in [1.807, 2.05) is 48.2 Å². The molecule has 1 aliphatic rings. The molecule has 3 rings (SSSR count). The van der Waals surface area contributed by atoms with E-state index in [0.717, 1.165) is 28.0 Å². The number of hydrogen-bond donors (Lipinski definition) is 1. The fourth-order valence-electron chi connectivity index (χ4n) is 2.46. The molecule has 114 valence electrons. The molecule has 1 aliphatic heterocycles. The molecule has 0 aliphatic carbocycles. The predicted octanol–water partition coefficient (Wildman–Crippen LogP) is 3.68. The summed E-state index contributed by atoms with van der Waals surface area (Å²) in [5, 5.41) is 3.00. The second-order valence-corrected chi connectivity index (χ2v) is 7.10. The Morgan fingerprint density at radius 1 is 1.18 bits per heavy atom. The van der Waals surface area contributed by atoms with Crippen LogP contribution in [0.5, 0.6) is 0 Å². The average Bonchev–Trinajstić information content (AvgIpc) is 2.54. The number of nitrogens with zero attached hydrogens (tertiary/aromatic N) is 1. The minimum atomic E-state index is 0.0532.